The largest absolute Gasteiger partial charge is 0.497 e. The van der Waals surface area contributed by atoms with Gasteiger partial charge in [0.2, 0.25) is 0 Å². The molecule has 0 aliphatic rings. The van der Waals surface area contributed by atoms with E-state index in [9.17, 15) is 9.59 Å². The minimum Gasteiger partial charge on any atom is -0.497 e. The van der Waals surface area contributed by atoms with Crippen molar-refractivity contribution in [2.24, 2.45) is 0 Å². The summed E-state index contributed by atoms with van der Waals surface area (Å²) in [4.78, 5) is 31.7. The zero-order valence-corrected chi connectivity index (χ0v) is 19.7. The van der Waals surface area contributed by atoms with E-state index in [0.29, 0.717) is 33.8 Å². The number of methoxy groups -OCH3 is 2. The number of rotatable bonds is 6. The van der Waals surface area contributed by atoms with Crippen molar-refractivity contribution in [3.63, 3.8) is 0 Å². The van der Waals surface area contributed by atoms with Crippen LogP contribution in [0.2, 0.25) is 0 Å². The molecular weight excluding hydrogens is 436 g/mol. The lowest BCUT2D eigenvalue weighted by molar-refractivity contribution is 0.0601. The number of para-hydroxylation sites is 1. The fourth-order valence-corrected chi connectivity index (χ4v) is 4.98. The van der Waals surface area contributed by atoms with Gasteiger partial charge in [-0.3, -0.25) is 4.79 Å². The van der Waals surface area contributed by atoms with Gasteiger partial charge in [-0.2, -0.15) is 0 Å². The lowest BCUT2D eigenvalue weighted by Crippen LogP contribution is -2.15. The molecule has 0 fully saturated rings. The first-order valence-corrected chi connectivity index (χ1v) is 11.3. The lowest BCUT2D eigenvalue weighted by Gasteiger charge is -2.11. The number of hydrogen-bond donors (Lipinski definition) is 1. The quantitative estimate of drug-likeness (QED) is 0.364. The van der Waals surface area contributed by atoms with Crippen LogP contribution in [-0.2, 0) is 11.2 Å². The van der Waals surface area contributed by atoms with E-state index < -0.39 is 5.97 Å². The Bertz CT molecular complexity index is 1340. The van der Waals surface area contributed by atoms with Crippen molar-refractivity contribution in [3.05, 3.63) is 76.2 Å². The molecule has 0 spiro atoms. The van der Waals surface area contributed by atoms with Crippen molar-refractivity contribution in [2.45, 2.75) is 20.3 Å². The number of aryl methyl sites for hydroxylation is 1. The van der Waals surface area contributed by atoms with Crippen LogP contribution in [0.1, 0.15) is 38.1 Å². The molecule has 7 heteroatoms. The molecular formula is C26H24N2O4S. The van der Waals surface area contributed by atoms with E-state index in [1.165, 1.54) is 18.4 Å². The van der Waals surface area contributed by atoms with E-state index in [1.54, 1.807) is 13.2 Å². The van der Waals surface area contributed by atoms with Crippen LogP contribution in [0, 0.1) is 6.92 Å². The highest BCUT2D eigenvalue weighted by Crippen LogP contribution is 2.35. The zero-order chi connectivity index (χ0) is 23.5. The molecule has 4 aromatic rings. The Balaban J connectivity index is 1.79. The maximum absolute atomic E-state index is 13.5. The molecule has 0 unspecified atom stereocenters. The normalized spacial score (nSPS) is 10.8. The van der Waals surface area contributed by atoms with Crippen molar-refractivity contribution in [1.29, 1.82) is 0 Å². The Labute approximate surface area is 196 Å². The zero-order valence-electron chi connectivity index (χ0n) is 18.9. The molecule has 0 saturated carbocycles. The summed E-state index contributed by atoms with van der Waals surface area (Å²) >= 11 is 1.38. The van der Waals surface area contributed by atoms with Gasteiger partial charge in [0.15, 0.2) is 0 Å². The molecule has 0 aliphatic carbocycles. The van der Waals surface area contributed by atoms with Gasteiger partial charge in [-0.25, -0.2) is 9.78 Å². The number of thiophene rings is 1. The number of carbonyl (C=O) groups is 2. The topological polar surface area (TPSA) is 77.5 Å². The molecule has 2 aromatic carbocycles. The first-order valence-electron chi connectivity index (χ1n) is 10.5. The van der Waals surface area contributed by atoms with Crippen molar-refractivity contribution in [3.8, 4) is 17.0 Å². The summed E-state index contributed by atoms with van der Waals surface area (Å²) in [5.41, 5.74) is 4.04. The average molecular weight is 461 g/mol. The number of ether oxygens (including phenoxy) is 2. The van der Waals surface area contributed by atoms with Gasteiger partial charge in [0.25, 0.3) is 5.91 Å². The van der Waals surface area contributed by atoms with Gasteiger partial charge < -0.3 is 14.8 Å². The molecule has 2 aromatic heterocycles. The van der Waals surface area contributed by atoms with Crippen LogP contribution >= 0.6 is 11.3 Å². The number of nitrogens with one attached hydrogen (secondary N) is 1. The van der Waals surface area contributed by atoms with Gasteiger partial charge in [0.1, 0.15) is 10.8 Å². The molecule has 6 nitrogen and oxygen atoms in total. The molecule has 0 aliphatic heterocycles. The number of fused-ring (bicyclic) bond motifs is 1. The number of esters is 1. The Morgan fingerprint density at radius 2 is 1.79 bits per heavy atom. The number of pyridine rings is 1. The summed E-state index contributed by atoms with van der Waals surface area (Å²) < 4.78 is 10.2. The second-order valence-electron chi connectivity index (χ2n) is 7.44. The third-order valence-corrected chi connectivity index (χ3v) is 6.59. The van der Waals surface area contributed by atoms with Crippen LogP contribution in [-0.4, -0.2) is 31.1 Å². The summed E-state index contributed by atoms with van der Waals surface area (Å²) in [6, 6.07) is 16.8. The van der Waals surface area contributed by atoms with E-state index in [1.807, 2.05) is 62.4 Å². The first kappa shape index (κ1) is 22.5. The number of nitrogens with zero attached hydrogens (tertiary/aromatic N) is 1. The van der Waals surface area contributed by atoms with Gasteiger partial charge in [-0.15, -0.1) is 11.3 Å². The smallest absolute Gasteiger partial charge is 0.341 e. The third kappa shape index (κ3) is 4.32. The molecule has 0 saturated heterocycles. The average Bonchev–Trinajstić information content (AvgIpc) is 3.17. The van der Waals surface area contributed by atoms with Gasteiger partial charge in [0, 0.05) is 15.8 Å². The molecule has 2 heterocycles. The Hall–Kier alpha value is -3.71. The molecule has 4 rings (SSSR count). The van der Waals surface area contributed by atoms with E-state index in [4.69, 9.17) is 14.5 Å². The number of aromatic nitrogens is 1. The van der Waals surface area contributed by atoms with Crippen LogP contribution in [0.3, 0.4) is 0 Å². The second-order valence-corrected chi connectivity index (χ2v) is 8.67. The maximum atomic E-state index is 13.5. The fraction of sp³-hybridized carbons (Fsp3) is 0.192. The molecule has 0 bridgehead atoms. The lowest BCUT2D eigenvalue weighted by atomic mass is 10.0. The standard InChI is InChI=1S/C26H24N2O4S/c1-5-18-15(2)33-25(23(18)26(30)32-4)28-24(29)20-14-22(16-10-12-17(31-3)13-11-16)27-21-9-7-6-8-19(20)21/h6-14H,5H2,1-4H3,(H,28,29). The van der Waals surface area contributed by atoms with Gasteiger partial charge in [-0.1, -0.05) is 25.1 Å². The number of hydrogen-bond acceptors (Lipinski definition) is 6. The minimum atomic E-state index is -0.454. The number of carbonyl (C=O) groups excluding carboxylic acids is 2. The maximum Gasteiger partial charge on any atom is 0.341 e. The van der Waals surface area contributed by atoms with Crippen LogP contribution in [0.4, 0.5) is 5.00 Å². The number of anilines is 1. The van der Waals surface area contributed by atoms with Crippen LogP contribution in [0.5, 0.6) is 5.75 Å². The fourth-order valence-electron chi connectivity index (χ4n) is 3.85. The molecule has 1 amide bonds. The van der Waals surface area contributed by atoms with E-state index >= 15 is 0 Å². The number of amides is 1. The van der Waals surface area contributed by atoms with E-state index in [-0.39, 0.29) is 5.91 Å². The van der Waals surface area contributed by atoms with Gasteiger partial charge in [-0.05, 0) is 55.3 Å². The highest BCUT2D eigenvalue weighted by atomic mass is 32.1. The van der Waals surface area contributed by atoms with E-state index in [0.717, 1.165) is 27.1 Å². The summed E-state index contributed by atoms with van der Waals surface area (Å²) in [7, 11) is 2.96. The first-order chi connectivity index (χ1) is 16.0. The van der Waals surface area contributed by atoms with Gasteiger partial charge >= 0.3 is 5.97 Å². The minimum absolute atomic E-state index is 0.308. The summed E-state index contributed by atoms with van der Waals surface area (Å²) in [6.07, 6.45) is 0.669. The Morgan fingerprint density at radius 3 is 2.45 bits per heavy atom. The molecule has 1 N–H and O–H groups in total. The Morgan fingerprint density at radius 1 is 1.06 bits per heavy atom. The SMILES string of the molecule is CCc1c(C)sc(NC(=O)c2cc(-c3ccc(OC)cc3)nc3ccccc23)c1C(=O)OC. The summed E-state index contributed by atoms with van der Waals surface area (Å²) in [5.74, 6) is -0.0185. The summed E-state index contributed by atoms with van der Waals surface area (Å²) in [6.45, 7) is 3.92. The highest BCUT2D eigenvalue weighted by molar-refractivity contribution is 7.16. The van der Waals surface area contributed by atoms with E-state index in [2.05, 4.69) is 5.32 Å². The second kappa shape index (κ2) is 9.42. The van der Waals surface area contributed by atoms with Crippen molar-refractivity contribution >= 4 is 39.1 Å². The van der Waals surface area contributed by atoms with Crippen molar-refractivity contribution in [1.82, 2.24) is 4.98 Å². The summed E-state index contributed by atoms with van der Waals surface area (Å²) in [5, 5.41) is 4.18. The molecule has 0 atom stereocenters. The van der Waals surface area contributed by atoms with Crippen LogP contribution < -0.4 is 10.1 Å². The van der Waals surface area contributed by atoms with Crippen molar-refractivity contribution < 1.29 is 19.1 Å². The predicted molar refractivity (Wildman–Crippen MR) is 131 cm³/mol. The highest BCUT2D eigenvalue weighted by Gasteiger charge is 2.24. The molecule has 0 radical (unpaired) electrons. The Kier molecular flexibility index (Phi) is 6.42. The van der Waals surface area contributed by atoms with Crippen LogP contribution in [0.15, 0.2) is 54.6 Å². The monoisotopic (exact) mass is 460 g/mol. The van der Waals surface area contributed by atoms with Crippen molar-refractivity contribution in [2.75, 3.05) is 19.5 Å². The third-order valence-electron chi connectivity index (χ3n) is 5.53. The predicted octanol–water partition coefficient (Wildman–Crippen LogP) is 5.88. The molecule has 168 valence electrons. The van der Waals surface area contributed by atoms with Gasteiger partial charge in [0.05, 0.1) is 36.6 Å². The van der Waals surface area contributed by atoms with Crippen LogP contribution in [0.25, 0.3) is 22.2 Å². The number of benzene rings is 2. The molecule has 33 heavy (non-hydrogen) atoms.